The van der Waals surface area contributed by atoms with E-state index in [1.54, 1.807) is 19.2 Å². The number of amides is 4. The van der Waals surface area contributed by atoms with Crippen LogP contribution in [0.5, 0.6) is 17.2 Å². The van der Waals surface area contributed by atoms with E-state index in [1.165, 1.54) is 17.3 Å². The monoisotopic (exact) mass is 787 g/mol. The number of piperazine rings is 1. The summed E-state index contributed by atoms with van der Waals surface area (Å²) in [7, 11) is 1.68. The van der Waals surface area contributed by atoms with Crippen LogP contribution in [0.25, 0.3) is 0 Å². The van der Waals surface area contributed by atoms with Gasteiger partial charge in [0.1, 0.15) is 29.1 Å². The maximum Gasteiger partial charge on any atom is 0.262 e. The number of nitrogens with one attached hydrogen (secondary N) is 1. The van der Waals surface area contributed by atoms with Crippen LogP contribution in [-0.2, 0) is 9.59 Å². The van der Waals surface area contributed by atoms with Gasteiger partial charge in [-0.3, -0.25) is 34.3 Å². The first-order valence-electron chi connectivity index (χ1n) is 20.1. The van der Waals surface area contributed by atoms with Crippen molar-refractivity contribution in [2.75, 3.05) is 69.3 Å². The molecule has 9 rings (SSSR count). The van der Waals surface area contributed by atoms with E-state index < -0.39 is 35.5 Å². The second-order valence-electron chi connectivity index (χ2n) is 16.0. The second-order valence-corrected chi connectivity index (χ2v) is 16.0. The highest BCUT2D eigenvalue weighted by molar-refractivity contribution is 6.23. The van der Waals surface area contributed by atoms with Gasteiger partial charge in [0.25, 0.3) is 11.8 Å². The van der Waals surface area contributed by atoms with Crippen molar-refractivity contribution in [1.82, 2.24) is 15.1 Å². The van der Waals surface area contributed by atoms with Gasteiger partial charge in [-0.25, -0.2) is 4.39 Å². The fourth-order valence-electron chi connectivity index (χ4n) is 9.49. The summed E-state index contributed by atoms with van der Waals surface area (Å²) in [5.74, 6) is -0.715. The normalized spacial score (nSPS) is 22.7. The molecule has 0 spiro atoms. The molecule has 2 unspecified atom stereocenters. The zero-order valence-corrected chi connectivity index (χ0v) is 32.4. The number of fused-ring (bicyclic) bond motifs is 2. The highest BCUT2D eigenvalue weighted by atomic mass is 19.1. The molecular weight excluding hydrogens is 742 g/mol. The van der Waals surface area contributed by atoms with E-state index in [1.807, 2.05) is 23.1 Å². The number of aromatic hydroxyl groups is 1. The minimum absolute atomic E-state index is 0.0233. The summed E-state index contributed by atoms with van der Waals surface area (Å²) in [4.78, 5) is 58.2. The lowest BCUT2D eigenvalue weighted by atomic mass is 9.76. The molecule has 0 aliphatic carbocycles. The third-order valence-electron chi connectivity index (χ3n) is 12.6. The number of phenolic OH excluding ortho intramolecular Hbond substituents is 1. The molecular formula is C45H46FN5O7. The summed E-state index contributed by atoms with van der Waals surface area (Å²) in [6.07, 6.45) is 2.20. The first-order chi connectivity index (χ1) is 28.1. The molecule has 12 nitrogen and oxygen atoms in total. The Bertz CT molecular complexity index is 2270. The van der Waals surface area contributed by atoms with Crippen molar-refractivity contribution in [3.8, 4) is 17.2 Å². The Kier molecular flexibility index (Phi) is 10.0. The standard InChI is InChI=1S/C45H46FN5O7/c1-57-32-4-2-3-29(21-32)36-26-58-40-22-31(52)9-10-33(40)42(36)28-5-7-30(8-6-28)49-15-13-27(14-16-49)25-48-17-19-50(20-18-48)39-24-35-34(23-37(39)46)44(55)51(45(35)56)38-11-12-41(53)47-43(38)54/h2-10,21-24,27,36,38,42,52H,11-20,25-26H2,1H3,(H,47,53,54)/t36?,38?,42-/m1/s1. The molecule has 3 saturated heterocycles. The number of carbonyl (C=O) groups is 4. The fourth-order valence-corrected chi connectivity index (χ4v) is 9.49. The molecule has 3 atom stereocenters. The van der Waals surface area contributed by atoms with Gasteiger partial charge in [-0.15, -0.1) is 0 Å². The van der Waals surface area contributed by atoms with E-state index in [2.05, 4.69) is 51.5 Å². The zero-order chi connectivity index (χ0) is 40.1. The van der Waals surface area contributed by atoms with Crippen LogP contribution in [0, 0.1) is 11.7 Å². The lowest BCUT2D eigenvalue weighted by Gasteiger charge is -2.40. The number of hydrogen-bond acceptors (Lipinski definition) is 10. The van der Waals surface area contributed by atoms with Gasteiger partial charge in [-0.05, 0) is 78.8 Å². The van der Waals surface area contributed by atoms with Crippen molar-refractivity contribution in [2.45, 2.75) is 43.6 Å². The number of nitrogens with zero attached hydrogens (tertiary/aromatic N) is 4. The number of anilines is 2. The summed E-state index contributed by atoms with van der Waals surface area (Å²) < 4.78 is 27.2. The molecule has 0 aromatic heterocycles. The van der Waals surface area contributed by atoms with Crippen LogP contribution in [-0.4, -0.2) is 104 Å². The Morgan fingerprint density at radius 3 is 2.28 bits per heavy atom. The average molecular weight is 788 g/mol. The number of ether oxygens (including phenoxy) is 2. The third-order valence-corrected chi connectivity index (χ3v) is 12.6. The predicted octanol–water partition coefficient (Wildman–Crippen LogP) is 5.29. The molecule has 5 aliphatic rings. The average Bonchev–Trinajstić information content (AvgIpc) is 3.47. The SMILES string of the molecule is COc1cccc(C2COc3cc(O)ccc3[C@H]2c2ccc(N3CCC(CN4CCN(c5cc6c(cc5F)C(=O)N(C5CCC(=O)NC5=O)C6=O)CC4)CC3)cc2)c1. The molecule has 5 aliphatic heterocycles. The Balaban J connectivity index is 0.804. The highest BCUT2D eigenvalue weighted by Crippen LogP contribution is 2.47. The van der Waals surface area contributed by atoms with Gasteiger partial charge in [0.2, 0.25) is 11.8 Å². The maximum absolute atomic E-state index is 15.5. The van der Waals surface area contributed by atoms with Gasteiger partial charge in [0.15, 0.2) is 0 Å². The molecule has 58 heavy (non-hydrogen) atoms. The number of rotatable bonds is 8. The van der Waals surface area contributed by atoms with E-state index >= 15 is 4.39 Å². The Morgan fingerprint density at radius 2 is 1.55 bits per heavy atom. The molecule has 3 fully saturated rings. The Hall–Kier alpha value is -5.95. The van der Waals surface area contributed by atoms with Gasteiger partial charge in [0, 0.05) is 81.4 Å². The largest absolute Gasteiger partial charge is 0.508 e. The summed E-state index contributed by atoms with van der Waals surface area (Å²) in [5.41, 5.74) is 4.89. The van der Waals surface area contributed by atoms with Crippen LogP contribution >= 0.6 is 0 Å². The van der Waals surface area contributed by atoms with Crippen molar-refractivity contribution in [2.24, 2.45) is 5.92 Å². The number of methoxy groups -OCH3 is 1. The molecule has 5 heterocycles. The predicted molar refractivity (Wildman–Crippen MR) is 214 cm³/mol. The minimum Gasteiger partial charge on any atom is -0.508 e. The van der Waals surface area contributed by atoms with Crippen LogP contribution in [0.4, 0.5) is 15.8 Å². The summed E-state index contributed by atoms with van der Waals surface area (Å²) in [6.45, 7) is 6.02. The van der Waals surface area contributed by atoms with Gasteiger partial charge in [-0.1, -0.05) is 30.3 Å². The second kappa shape index (κ2) is 15.4. The summed E-state index contributed by atoms with van der Waals surface area (Å²) >= 11 is 0. The topological polar surface area (TPSA) is 132 Å². The molecule has 0 bridgehead atoms. The first-order valence-corrected chi connectivity index (χ1v) is 20.1. The van der Waals surface area contributed by atoms with Crippen molar-refractivity contribution in [1.29, 1.82) is 0 Å². The van der Waals surface area contributed by atoms with E-state index in [0.29, 0.717) is 31.4 Å². The van der Waals surface area contributed by atoms with Gasteiger partial charge in [-0.2, -0.15) is 0 Å². The van der Waals surface area contributed by atoms with Crippen LogP contribution in [0.15, 0.2) is 78.9 Å². The van der Waals surface area contributed by atoms with Crippen molar-refractivity contribution in [3.05, 3.63) is 112 Å². The maximum atomic E-state index is 15.5. The van der Waals surface area contributed by atoms with Crippen LogP contribution in [0.2, 0.25) is 0 Å². The molecule has 4 aromatic rings. The number of piperidine rings is 2. The number of imide groups is 2. The lowest BCUT2D eigenvalue weighted by Crippen LogP contribution is -2.54. The lowest BCUT2D eigenvalue weighted by molar-refractivity contribution is -0.136. The molecule has 4 amide bonds. The molecule has 0 saturated carbocycles. The number of halogens is 1. The van der Waals surface area contributed by atoms with Crippen molar-refractivity contribution >= 4 is 35.0 Å². The van der Waals surface area contributed by atoms with E-state index in [4.69, 9.17) is 9.47 Å². The number of benzene rings is 4. The molecule has 300 valence electrons. The number of hydrogen-bond donors (Lipinski definition) is 2. The minimum atomic E-state index is -1.09. The van der Waals surface area contributed by atoms with Crippen LogP contribution in [0.3, 0.4) is 0 Å². The Labute approximate surface area is 336 Å². The molecule has 0 radical (unpaired) electrons. The van der Waals surface area contributed by atoms with Crippen LogP contribution < -0.4 is 24.6 Å². The number of phenols is 1. The zero-order valence-electron chi connectivity index (χ0n) is 32.4. The van der Waals surface area contributed by atoms with E-state index in [0.717, 1.165) is 73.4 Å². The molecule has 4 aromatic carbocycles. The fraction of sp³-hybridized carbons (Fsp3) is 0.378. The van der Waals surface area contributed by atoms with Crippen LogP contribution in [0.1, 0.15) is 74.9 Å². The van der Waals surface area contributed by atoms with Gasteiger partial charge >= 0.3 is 0 Å². The quantitative estimate of drug-likeness (QED) is 0.227. The first kappa shape index (κ1) is 37.6. The molecule has 2 N–H and O–H groups in total. The van der Waals surface area contributed by atoms with Crippen molar-refractivity contribution < 1.29 is 38.1 Å². The summed E-state index contributed by atoms with van der Waals surface area (Å²) in [5, 5.41) is 12.4. The number of carbonyl (C=O) groups excluding carboxylic acids is 4. The highest BCUT2D eigenvalue weighted by Gasteiger charge is 2.45. The third kappa shape index (κ3) is 7.01. The molecule has 13 heteroatoms. The van der Waals surface area contributed by atoms with E-state index in [9.17, 15) is 24.3 Å². The van der Waals surface area contributed by atoms with E-state index in [-0.39, 0.29) is 47.2 Å². The van der Waals surface area contributed by atoms with Crippen molar-refractivity contribution in [3.63, 3.8) is 0 Å². The smallest absolute Gasteiger partial charge is 0.262 e. The van der Waals surface area contributed by atoms with Gasteiger partial charge < -0.3 is 24.4 Å². The van der Waals surface area contributed by atoms with Gasteiger partial charge in [0.05, 0.1) is 30.5 Å². The Morgan fingerprint density at radius 1 is 0.810 bits per heavy atom. The summed E-state index contributed by atoms with van der Waals surface area (Å²) in [6, 6.07) is 23.9.